The van der Waals surface area contributed by atoms with Crippen LogP contribution in [0.15, 0.2) is 24.3 Å². The molecule has 102 valence electrons. The minimum absolute atomic E-state index is 0.0986. The van der Waals surface area contributed by atoms with E-state index in [1.165, 1.54) is 38.5 Å². The summed E-state index contributed by atoms with van der Waals surface area (Å²) in [7, 11) is 0. The maximum Gasteiger partial charge on any atom is 0.123 e. The van der Waals surface area contributed by atoms with Gasteiger partial charge in [-0.3, -0.25) is 0 Å². The second-order valence-electron chi connectivity index (χ2n) is 7.31. The quantitative estimate of drug-likeness (QED) is 0.852. The molecule has 4 fully saturated rings. The van der Waals surface area contributed by atoms with Crippen LogP contribution in [0.3, 0.4) is 0 Å². The van der Waals surface area contributed by atoms with Gasteiger partial charge >= 0.3 is 0 Å². The molecule has 1 atom stereocenters. The predicted octanol–water partition coefficient (Wildman–Crippen LogP) is 4.04. The van der Waals surface area contributed by atoms with Crippen molar-refractivity contribution in [2.24, 2.45) is 28.9 Å². The fourth-order valence-corrected chi connectivity index (χ4v) is 5.58. The van der Waals surface area contributed by atoms with Crippen LogP contribution in [-0.2, 0) is 0 Å². The lowest BCUT2D eigenvalue weighted by atomic mass is 9.47. The molecular weight excluding hydrogens is 237 g/mol. The van der Waals surface area contributed by atoms with Gasteiger partial charge in [0.15, 0.2) is 0 Å². The standard InChI is InChI=1S/C17H22FN/c18-15-3-1-14(2-4-15)16(19)17-8-11-5-12(9-17)7-13(6-11)10-17/h1-4,11-13,16H,5-10,19H2. The highest BCUT2D eigenvalue weighted by molar-refractivity contribution is 5.23. The third kappa shape index (κ3) is 1.84. The van der Waals surface area contributed by atoms with Crippen molar-refractivity contribution in [3.8, 4) is 0 Å². The zero-order valence-corrected chi connectivity index (χ0v) is 11.3. The number of nitrogens with two attached hydrogens (primary N) is 1. The molecule has 0 spiro atoms. The summed E-state index contributed by atoms with van der Waals surface area (Å²) in [6.07, 6.45) is 8.23. The molecule has 0 aliphatic heterocycles. The van der Waals surface area contributed by atoms with E-state index >= 15 is 0 Å². The van der Waals surface area contributed by atoms with Crippen molar-refractivity contribution in [1.29, 1.82) is 0 Å². The SMILES string of the molecule is NC(c1ccc(F)cc1)C12CC3CC(CC(C3)C1)C2. The minimum Gasteiger partial charge on any atom is -0.323 e. The van der Waals surface area contributed by atoms with E-state index in [2.05, 4.69) is 0 Å². The van der Waals surface area contributed by atoms with Crippen LogP contribution in [0.2, 0.25) is 0 Å². The molecular formula is C17H22FN. The molecule has 4 aliphatic carbocycles. The van der Waals surface area contributed by atoms with E-state index in [1.807, 2.05) is 12.1 Å². The highest BCUT2D eigenvalue weighted by Crippen LogP contribution is 2.63. The van der Waals surface area contributed by atoms with E-state index < -0.39 is 0 Å². The van der Waals surface area contributed by atoms with E-state index in [9.17, 15) is 4.39 Å². The Hall–Kier alpha value is -0.890. The van der Waals surface area contributed by atoms with Crippen LogP contribution >= 0.6 is 0 Å². The van der Waals surface area contributed by atoms with Crippen LogP contribution in [0.1, 0.15) is 50.1 Å². The maximum atomic E-state index is 13.1. The van der Waals surface area contributed by atoms with Gasteiger partial charge < -0.3 is 5.73 Å². The lowest BCUT2D eigenvalue weighted by Gasteiger charge is -2.59. The molecule has 0 saturated heterocycles. The lowest BCUT2D eigenvalue weighted by molar-refractivity contribution is -0.0677. The average Bonchev–Trinajstić information content (AvgIpc) is 2.37. The molecule has 2 N–H and O–H groups in total. The molecule has 1 nitrogen and oxygen atoms in total. The van der Waals surface area contributed by atoms with Gasteiger partial charge in [0.05, 0.1) is 0 Å². The van der Waals surface area contributed by atoms with Gasteiger partial charge in [-0.05, 0) is 79.4 Å². The van der Waals surface area contributed by atoms with Crippen LogP contribution in [0.4, 0.5) is 4.39 Å². The summed E-state index contributed by atoms with van der Waals surface area (Å²) >= 11 is 0. The number of halogens is 1. The normalized spacial score (nSPS) is 41.5. The third-order valence-corrected chi connectivity index (χ3v) is 5.97. The monoisotopic (exact) mass is 259 g/mol. The minimum atomic E-state index is -0.165. The molecule has 0 radical (unpaired) electrons. The van der Waals surface area contributed by atoms with Gasteiger partial charge in [-0.1, -0.05) is 12.1 Å². The smallest absolute Gasteiger partial charge is 0.123 e. The second kappa shape index (κ2) is 4.05. The largest absolute Gasteiger partial charge is 0.323 e. The molecule has 0 aromatic heterocycles. The first-order valence-corrected chi connectivity index (χ1v) is 7.66. The molecule has 1 aromatic rings. The van der Waals surface area contributed by atoms with Crippen LogP contribution in [-0.4, -0.2) is 0 Å². The number of benzene rings is 1. The Morgan fingerprint density at radius 3 is 1.89 bits per heavy atom. The molecule has 4 saturated carbocycles. The Bertz CT molecular complexity index is 443. The topological polar surface area (TPSA) is 26.0 Å². The van der Waals surface area contributed by atoms with Crippen LogP contribution < -0.4 is 5.73 Å². The highest BCUT2D eigenvalue weighted by Gasteiger charge is 2.53. The van der Waals surface area contributed by atoms with Crippen molar-refractivity contribution in [3.63, 3.8) is 0 Å². The molecule has 0 amide bonds. The van der Waals surface area contributed by atoms with E-state index in [-0.39, 0.29) is 11.9 Å². The van der Waals surface area contributed by atoms with Gasteiger partial charge in [-0.25, -0.2) is 4.39 Å². The van der Waals surface area contributed by atoms with Gasteiger partial charge in [0.2, 0.25) is 0 Å². The summed E-state index contributed by atoms with van der Waals surface area (Å²) in [6, 6.07) is 6.98. The zero-order valence-electron chi connectivity index (χ0n) is 11.3. The summed E-state index contributed by atoms with van der Waals surface area (Å²) in [6.45, 7) is 0. The summed E-state index contributed by atoms with van der Waals surface area (Å²) in [4.78, 5) is 0. The number of hydrogen-bond donors (Lipinski definition) is 1. The molecule has 19 heavy (non-hydrogen) atoms. The average molecular weight is 259 g/mol. The third-order valence-electron chi connectivity index (χ3n) is 5.97. The van der Waals surface area contributed by atoms with Gasteiger partial charge in [0.1, 0.15) is 5.82 Å². The fourth-order valence-electron chi connectivity index (χ4n) is 5.58. The molecule has 1 aromatic carbocycles. The zero-order chi connectivity index (χ0) is 13.0. The van der Waals surface area contributed by atoms with E-state index in [4.69, 9.17) is 5.73 Å². The first kappa shape index (κ1) is 11.9. The van der Waals surface area contributed by atoms with E-state index in [0.29, 0.717) is 5.41 Å². The van der Waals surface area contributed by atoms with Crippen molar-refractivity contribution in [1.82, 2.24) is 0 Å². The van der Waals surface area contributed by atoms with E-state index in [0.717, 1.165) is 23.3 Å². The molecule has 1 unspecified atom stereocenters. The van der Waals surface area contributed by atoms with Crippen LogP contribution in [0.25, 0.3) is 0 Å². The van der Waals surface area contributed by atoms with Gasteiger partial charge in [0, 0.05) is 6.04 Å². The van der Waals surface area contributed by atoms with Crippen molar-refractivity contribution in [2.45, 2.75) is 44.6 Å². The van der Waals surface area contributed by atoms with Crippen LogP contribution in [0.5, 0.6) is 0 Å². The Balaban J connectivity index is 1.65. The van der Waals surface area contributed by atoms with Gasteiger partial charge in [-0.2, -0.15) is 0 Å². The maximum absolute atomic E-state index is 13.1. The first-order valence-electron chi connectivity index (χ1n) is 7.66. The summed E-state index contributed by atoms with van der Waals surface area (Å²) < 4.78 is 13.1. The Morgan fingerprint density at radius 1 is 0.947 bits per heavy atom. The molecule has 4 aliphatic rings. The second-order valence-corrected chi connectivity index (χ2v) is 7.31. The molecule has 5 rings (SSSR count). The summed E-state index contributed by atoms with van der Waals surface area (Å²) in [5, 5.41) is 0. The van der Waals surface area contributed by atoms with Gasteiger partial charge in [-0.15, -0.1) is 0 Å². The van der Waals surface area contributed by atoms with Crippen molar-refractivity contribution in [2.75, 3.05) is 0 Å². The highest BCUT2D eigenvalue weighted by atomic mass is 19.1. The number of rotatable bonds is 2. The van der Waals surface area contributed by atoms with Crippen molar-refractivity contribution in [3.05, 3.63) is 35.6 Å². The number of hydrogen-bond acceptors (Lipinski definition) is 1. The Labute approximate surface area is 114 Å². The van der Waals surface area contributed by atoms with Crippen molar-refractivity contribution >= 4 is 0 Å². The lowest BCUT2D eigenvalue weighted by Crippen LogP contribution is -2.50. The predicted molar refractivity (Wildman–Crippen MR) is 73.9 cm³/mol. The molecule has 0 heterocycles. The van der Waals surface area contributed by atoms with E-state index in [1.54, 1.807) is 12.1 Å². The molecule has 4 bridgehead atoms. The Kier molecular flexibility index (Phi) is 2.54. The molecule has 2 heteroatoms. The first-order chi connectivity index (χ1) is 9.14. The summed E-state index contributed by atoms with van der Waals surface area (Å²) in [5.41, 5.74) is 8.06. The van der Waals surface area contributed by atoms with Gasteiger partial charge in [0.25, 0.3) is 0 Å². The van der Waals surface area contributed by atoms with Crippen molar-refractivity contribution < 1.29 is 4.39 Å². The summed E-state index contributed by atoms with van der Waals surface area (Å²) in [5.74, 6) is 2.58. The Morgan fingerprint density at radius 2 is 1.42 bits per heavy atom. The fraction of sp³-hybridized carbons (Fsp3) is 0.647. The van der Waals surface area contributed by atoms with Crippen LogP contribution in [0, 0.1) is 29.0 Å².